The fraction of sp³-hybridized carbons (Fsp3) is 0.500. The third kappa shape index (κ3) is 3.82. The number of ether oxygens (including phenoxy) is 1. The summed E-state index contributed by atoms with van der Waals surface area (Å²) in [5, 5.41) is 7.81. The maximum atomic E-state index is 5.06. The molecule has 21 heavy (non-hydrogen) atoms. The van der Waals surface area contributed by atoms with Crippen molar-refractivity contribution >= 4 is 5.69 Å². The quantitative estimate of drug-likeness (QED) is 0.887. The van der Waals surface area contributed by atoms with Gasteiger partial charge in [0, 0.05) is 24.7 Å². The zero-order valence-electron chi connectivity index (χ0n) is 13.5. The molecule has 0 aliphatic heterocycles. The number of aromatic nitrogens is 3. The lowest BCUT2D eigenvalue weighted by Crippen LogP contribution is -2.11. The summed E-state index contributed by atoms with van der Waals surface area (Å²) in [5.41, 5.74) is 5.68. The van der Waals surface area contributed by atoms with Crippen molar-refractivity contribution < 1.29 is 4.74 Å². The van der Waals surface area contributed by atoms with Gasteiger partial charge in [-0.2, -0.15) is 5.10 Å². The highest BCUT2D eigenvalue weighted by Gasteiger charge is 2.13. The molecule has 1 N–H and O–H groups in total. The van der Waals surface area contributed by atoms with Crippen LogP contribution in [0, 0.1) is 20.8 Å². The first-order valence-corrected chi connectivity index (χ1v) is 7.24. The van der Waals surface area contributed by atoms with E-state index >= 15 is 0 Å². The van der Waals surface area contributed by atoms with Crippen LogP contribution >= 0.6 is 0 Å². The lowest BCUT2D eigenvalue weighted by Gasteiger charge is -2.19. The molecule has 0 radical (unpaired) electrons. The minimum absolute atomic E-state index is 0.193. The van der Waals surface area contributed by atoms with Crippen LogP contribution in [0.2, 0.25) is 0 Å². The number of anilines is 1. The van der Waals surface area contributed by atoms with Gasteiger partial charge in [-0.05, 0) is 44.9 Å². The summed E-state index contributed by atoms with van der Waals surface area (Å²) >= 11 is 0. The molecule has 2 aromatic rings. The summed E-state index contributed by atoms with van der Waals surface area (Å²) in [6, 6.07) is 2.32. The van der Waals surface area contributed by atoms with Gasteiger partial charge in [0.2, 0.25) is 0 Å². The van der Waals surface area contributed by atoms with Crippen LogP contribution in [0.15, 0.2) is 18.5 Å². The number of methoxy groups -OCH3 is 1. The zero-order chi connectivity index (χ0) is 15.4. The predicted octanol–water partition coefficient (Wildman–Crippen LogP) is 3.02. The van der Waals surface area contributed by atoms with E-state index in [9.17, 15) is 0 Å². The molecule has 2 aromatic heterocycles. The van der Waals surface area contributed by atoms with Gasteiger partial charge in [-0.1, -0.05) is 0 Å². The maximum absolute atomic E-state index is 5.06. The van der Waals surface area contributed by atoms with Gasteiger partial charge in [-0.3, -0.25) is 9.67 Å². The fourth-order valence-corrected chi connectivity index (χ4v) is 2.76. The van der Waals surface area contributed by atoms with Gasteiger partial charge in [-0.25, -0.2) is 0 Å². The topological polar surface area (TPSA) is 52.0 Å². The van der Waals surface area contributed by atoms with Crippen LogP contribution < -0.4 is 5.32 Å². The van der Waals surface area contributed by atoms with Crippen molar-refractivity contribution in [3.63, 3.8) is 0 Å². The van der Waals surface area contributed by atoms with Crippen LogP contribution in [0.5, 0.6) is 0 Å². The van der Waals surface area contributed by atoms with E-state index in [-0.39, 0.29) is 6.04 Å². The van der Waals surface area contributed by atoms with Gasteiger partial charge in [-0.15, -0.1) is 0 Å². The Morgan fingerprint density at radius 2 is 2.10 bits per heavy atom. The Morgan fingerprint density at radius 1 is 1.33 bits per heavy atom. The molecule has 1 unspecified atom stereocenters. The van der Waals surface area contributed by atoms with E-state index in [0.29, 0.717) is 6.61 Å². The van der Waals surface area contributed by atoms with E-state index in [1.54, 1.807) is 7.11 Å². The molecule has 0 amide bonds. The van der Waals surface area contributed by atoms with Crippen molar-refractivity contribution in [2.45, 2.75) is 40.3 Å². The molecule has 2 rings (SSSR count). The van der Waals surface area contributed by atoms with E-state index in [4.69, 9.17) is 4.74 Å². The lowest BCUT2D eigenvalue weighted by molar-refractivity contribution is 0.183. The van der Waals surface area contributed by atoms with Crippen molar-refractivity contribution in [2.24, 2.45) is 0 Å². The summed E-state index contributed by atoms with van der Waals surface area (Å²) < 4.78 is 6.94. The molecule has 0 aliphatic rings. The number of aryl methyl sites for hydroxylation is 3. The average Bonchev–Trinajstić information content (AvgIpc) is 2.82. The normalized spacial score (nSPS) is 12.4. The molecule has 2 heterocycles. The largest absolute Gasteiger partial charge is 0.383 e. The molecule has 0 saturated heterocycles. The minimum atomic E-state index is 0.193. The van der Waals surface area contributed by atoms with Crippen LogP contribution in [0.3, 0.4) is 0 Å². The number of hydrogen-bond donors (Lipinski definition) is 1. The molecule has 0 aliphatic carbocycles. The second-order valence-corrected chi connectivity index (χ2v) is 5.43. The van der Waals surface area contributed by atoms with E-state index in [2.05, 4.69) is 42.2 Å². The summed E-state index contributed by atoms with van der Waals surface area (Å²) in [6.45, 7) is 9.81. The van der Waals surface area contributed by atoms with Crippen molar-refractivity contribution in [1.29, 1.82) is 0 Å². The first-order chi connectivity index (χ1) is 10.0. The van der Waals surface area contributed by atoms with Gasteiger partial charge in [0.1, 0.15) is 0 Å². The molecule has 5 heteroatoms. The van der Waals surface area contributed by atoms with E-state index in [1.165, 1.54) is 11.1 Å². The Balaban J connectivity index is 2.11. The molecular formula is C16H24N4O. The molecule has 1 atom stereocenters. The molecule has 0 saturated carbocycles. The number of pyridine rings is 1. The Labute approximate surface area is 126 Å². The molecule has 0 fully saturated rings. The first kappa shape index (κ1) is 15.5. The molecule has 0 spiro atoms. The third-order valence-corrected chi connectivity index (χ3v) is 3.56. The summed E-state index contributed by atoms with van der Waals surface area (Å²) in [4.78, 5) is 4.57. The minimum Gasteiger partial charge on any atom is -0.383 e. The molecule has 0 bridgehead atoms. The molecular weight excluding hydrogens is 264 g/mol. The maximum Gasteiger partial charge on any atom is 0.0731 e. The van der Waals surface area contributed by atoms with E-state index in [0.717, 1.165) is 23.6 Å². The number of hydrogen-bond acceptors (Lipinski definition) is 4. The van der Waals surface area contributed by atoms with Gasteiger partial charge in [0.05, 0.1) is 31.1 Å². The summed E-state index contributed by atoms with van der Waals surface area (Å²) in [5.74, 6) is 0. The summed E-state index contributed by atoms with van der Waals surface area (Å²) in [6.07, 6.45) is 3.85. The summed E-state index contributed by atoms with van der Waals surface area (Å²) in [7, 11) is 1.70. The smallest absolute Gasteiger partial charge is 0.0731 e. The second kappa shape index (κ2) is 6.72. The standard InChI is InChI=1S/C16H24N4O/c1-11-8-12(2)18-13(3)16(11)14(4)19-15-9-17-20(10-15)6-7-21-5/h8-10,14,19H,6-7H2,1-5H3. The highest BCUT2D eigenvalue weighted by Crippen LogP contribution is 2.24. The lowest BCUT2D eigenvalue weighted by atomic mass is 10.0. The van der Waals surface area contributed by atoms with E-state index in [1.807, 2.05) is 24.0 Å². The highest BCUT2D eigenvalue weighted by molar-refractivity contribution is 5.44. The SMILES string of the molecule is COCCn1cc(NC(C)c2c(C)cc(C)nc2C)cn1. The third-order valence-electron chi connectivity index (χ3n) is 3.56. The zero-order valence-corrected chi connectivity index (χ0v) is 13.5. The highest BCUT2D eigenvalue weighted by atomic mass is 16.5. The van der Waals surface area contributed by atoms with Gasteiger partial charge in [0.15, 0.2) is 0 Å². The Kier molecular flexibility index (Phi) is 4.96. The first-order valence-electron chi connectivity index (χ1n) is 7.24. The average molecular weight is 288 g/mol. The van der Waals surface area contributed by atoms with Crippen molar-refractivity contribution in [3.8, 4) is 0 Å². The molecule has 114 valence electrons. The van der Waals surface area contributed by atoms with Crippen molar-refractivity contribution in [1.82, 2.24) is 14.8 Å². The Bertz CT molecular complexity index is 583. The predicted molar refractivity (Wildman–Crippen MR) is 84.6 cm³/mol. The van der Waals surface area contributed by atoms with Gasteiger partial charge < -0.3 is 10.1 Å². The van der Waals surface area contributed by atoms with Crippen LogP contribution in [0.4, 0.5) is 5.69 Å². The van der Waals surface area contributed by atoms with Crippen molar-refractivity contribution in [3.05, 3.63) is 41.0 Å². The Morgan fingerprint density at radius 3 is 2.76 bits per heavy atom. The van der Waals surface area contributed by atoms with Gasteiger partial charge in [0.25, 0.3) is 0 Å². The fourth-order valence-electron chi connectivity index (χ4n) is 2.76. The number of rotatable bonds is 6. The number of nitrogens with zero attached hydrogens (tertiary/aromatic N) is 3. The Hall–Kier alpha value is -1.88. The second-order valence-electron chi connectivity index (χ2n) is 5.43. The number of nitrogens with one attached hydrogen (secondary N) is 1. The van der Waals surface area contributed by atoms with Crippen LogP contribution in [-0.2, 0) is 11.3 Å². The molecule has 5 nitrogen and oxygen atoms in total. The monoisotopic (exact) mass is 288 g/mol. The molecule has 0 aromatic carbocycles. The van der Waals surface area contributed by atoms with Crippen LogP contribution in [0.25, 0.3) is 0 Å². The van der Waals surface area contributed by atoms with Crippen molar-refractivity contribution in [2.75, 3.05) is 19.0 Å². The van der Waals surface area contributed by atoms with Crippen LogP contribution in [-0.4, -0.2) is 28.5 Å². The van der Waals surface area contributed by atoms with Gasteiger partial charge >= 0.3 is 0 Å². The van der Waals surface area contributed by atoms with Crippen LogP contribution in [0.1, 0.15) is 35.5 Å². The van der Waals surface area contributed by atoms with E-state index < -0.39 is 0 Å².